The van der Waals surface area contributed by atoms with Gasteiger partial charge in [0.25, 0.3) is 5.91 Å². The quantitative estimate of drug-likeness (QED) is 0.723. The van der Waals surface area contributed by atoms with Gasteiger partial charge in [0.15, 0.2) is 6.61 Å². The van der Waals surface area contributed by atoms with E-state index in [2.05, 4.69) is 5.32 Å². The molecule has 0 bridgehead atoms. The standard InChI is InChI=1S/C19H20N2O4/c1-2-24-16-9-6-14(7-10-16)8-11-19(23)21-15-4-3-5-17(12-15)25-13-18(20)22/h3-12H,2,13H2,1H3,(H2,20,22)(H,21,23)/b11-8+. The van der Waals surface area contributed by atoms with Gasteiger partial charge in [-0.25, -0.2) is 0 Å². The van der Waals surface area contributed by atoms with E-state index in [1.54, 1.807) is 30.3 Å². The molecule has 0 aromatic heterocycles. The van der Waals surface area contributed by atoms with E-state index in [0.29, 0.717) is 18.0 Å². The van der Waals surface area contributed by atoms with Gasteiger partial charge in [0.1, 0.15) is 11.5 Å². The minimum atomic E-state index is -0.562. The van der Waals surface area contributed by atoms with Crippen molar-refractivity contribution in [2.45, 2.75) is 6.92 Å². The molecule has 0 saturated heterocycles. The van der Waals surface area contributed by atoms with Crippen molar-refractivity contribution < 1.29 is 19.1 Å². The molecule has 0 unspecified atom stereocenters. The number of ether oxygens (including phenoxy) is 2. The number of carbonyl (C=O) groups is 2. The molecule has 0 aliphatic rings. The molecule has 6 nitrogen and oxygen atoms in total. The summed E-state index contributed by atoms with van der Waals surface area (Å²) in [5, 5.41) is 2.73. The van der Waals surface area contributed by atoms with Gasteiger partial charge in [0.05, 0.1) is 6.61 Å². The first-order valence-electron chi connectivity index (χ1n) is 7.80. The van der Waals surface area contributed by atoms with Crippen LogP contribution in [0.25, 0.3) is 6.08 Å². The molecule has 2 rings (SSSR count). The number of primary amides is 1. The van der Waals surface area contributed by atoms with Gasteiger partial charge < -0.3 is 20.5 Å². The molecule has 0 saturated carbocycles. The largest absolute Gasteiger partial charge is 0.494 e. The maximum absolute atomic E-state index is 12.0. The lowest BCUT2D eigenvalue weighted by Crippen LogP contribution is -2.20. The van der Waals surface area contributed by atoms with Crippen LogP contribution in [0, 0.1) is 0 Å². The van der Waals surface area contributed by atoms with Crippen LogP contribution in [-0.4, -0.2) is 25.0 Å². The third-order valence-corrected chi connectivity index (χ3v) is 3.10. The molecule has 0 aliphatic heterocycles. The maximum Gasteiger partial charge on any atom is 0.255 e. The van der Waals surface area contributed by atoms with E-state index >= 15 is 0 Å². The van der Waals surface area contributed by atoms with Crippen molar-refractivity contribution >= 4 is 23.6 Å². The van der Waals surface area contributed by atoms with Crippen molar-refractivity contribution in [1.82, 2.24) is 0 Å². The molecule has 25 heavy (non-hydrogen) atoms. The van der Waals surface area contributed by atoms with Crippen molar-refractivity contribution in [3.8, 4) is 11.5 Å². The van der Waals surface area contributed by atoms with Crippen LogP contribution in [0.1, 0.15) is 12.5 Å². The Morgan fingerprint density at radius 1 is 1.08 bits per heavy atom. The monoisotopic (exact) mass is 340 g/mol. The first-order chi connectivity index (χ1) is 12.1. The van der Waals surface area contributed by atoms with Gasteiger partial charge >= 0.3 is 0 Å². The molecular weight excluding hydrogens is 320 g/mol. The Morgan fingerprint density at radius 3 is 2.52 bits per heavy atom. The molecule has 0 atom stereocenters. The molecule has 0 radical (unpaired) electrons. The predicted molar refractivity (Wildman–Crippen MR) is 96.4 cm³/mol. The number of hydrogen-bond donors (Lipinski definition) is 2. The van der Waals surface area contributed by atoms with Crippen LogP contribution in [0.2, 0.25) is 0 Å². The average Bonchev–Trinajstić information content (AvgIpc) is 2.60. The van der Waals surface area contributed by atoms with Crippen molar-refractivity contribution in [3.05, 3.63) is 60.2 Å². The summed E-state index contributed by atoms with van der Waals surface area (Å²) >= 11 is 0. The van der Waals surface area contributed by atoms with E-state index in [4.69, 9.17) is 15.2 Å². The Labute approximate surface area is 146 Å². The molecule has 0 aliphatic carbocycles. The highest BCUT2D eigenvalue weighted by atomic mass is 16.5. The number of rotatable bonds is 8. The minimum absolute atomic E-state index is 0.213. The lowest BCUT2D eigenvalue weighted by atomic mass is 10.2. The lowest BCUT2D eigenvalue weighted by molar-refractivity contribution is -0.120. The Morgan fingerprint density at radius 2 is 1.84 bits per heavy atom. The molecule has 0 fully saturated rings. The lowest BCUT2D eigenvalue weighted by Gasteiger charge is -2.07. The van der Waals surface area contributed by atoms with E-state index in [1.165, 1.54) is 6.08 Å². The van der Waals surface area contributed by atoms with Gasteiger partial charge in [-0.15, -0.1) is 0 Å². The molecule has 2 amide bonds. The van der Waals surface area contributed by atoms with Crippen LogP contribution in [0.4, 0.5) is 5.69 Å². The fourth-order valence-electron chi connectivity index (χ4n) is 2.02. The first kappa shape index (κ1) is 18.1. The van der Waals surface area contributed by atoms with E-state index in [0.717, 1.165) is 11.3 Å². The number of amides is 2. The van der Waals surface area contributed by atoms with Crippen molar-refractivity contribution in [1.29, 1.82) is 0 Å². The zero-order valence-electron chi connectivity index (χ0n) is 13.9. The number of carbonyl (C=O) groups excluding carboxylic acids is 2. The van der Waals surface area contributed by atoms with Crippen LogP contribution >= 0.6 is 0 Å². The van der Waals surface area contributed by atoms with Crippen LogP contribution in [0.5, 0.6) is 11.5 Å². The van der Waals surface area contributed by atoms with E-state index in [-0.39, 0.29) is 12.5 Å². The number of nitrogens with one attached hydrogen (secondary N) is 1. The Hall–Kier alpha value is -3.28. The van der Waals surface area contributed by atoms with Gasteiger partial charge in [-0.2, -0.15) is 0 Å². The smallest absolute Gasteiger partial charge is 0.255 e. The normalized spacial score (nSPS) is 10.4. The Kier molecular flexibility index (Phi) is 6.59. The summed E-state index contributed by atoms with van der Waals surface area (Å²) in [7, 11) is 0. The van der Waals surface area contributed by atoms with Crippen molar-refractivity contribution in [2.24, 2.45) is 5.73 Å². The number of nitrogens with two attached hydrogens (primary N) is 1. The minimum Gasteiger partial charge on any atom is -0.494 e. The number of benzene rings is 2. The van der Waals surface area contributed by atoms with Crippen LogP contribution in [-0.2, 0) is 9.59 Å². The molecule has 0 heterocycles. The van der Waals surface area contributed by atoms with E-state index < -0.39 is 5.91 Å². The molecule has 130 valence electrons. The second-order valence-corrected chi connectivity index (χ2v) is 5.11. The molecule has 2 aromatic rings. The second kappa shape index (κ2) is 9.12. The number of hydrogen-bond acceptors (Lipinski definition) is 4. The summed E-state index contributed by atoms with van der Waals surface area (Å²) < 4.78 is 10.6. The van der Waals surface area contributed by atoms with Crippen LogP contribution in [0.3, 0.4) is 0 Å². The zero-order valence-corrected chi connectivity index (χ0v) is 13.9. The highest BCUT2D eigenvalue weighted by Gasteiger charge is 2.02. The van der Waals surface area contributed by atoms with Crippen molar-refractivity contribution in [2.75, 3.05) is 18.5 Å². The Bertz CT molecular complexity index is 754. The molecular formula is C19H20N2O4. The summed E-state index contributed by atoms with van der Waals surface area (Å²) in [6.45, 7) is 2.32. The van der Waals surface area contributed by atoms with Crippen LogP contribution < -0.4 is 20.5 Å². The zero-order chi connectivity index (χ0) is 18.1. The third-order valence-electron chi connectivity index (χ3n) is 3.10. The summed E-state index contributed by atoms with van der Waals surface area (Å²) in [6.07, 6.45) is 3.14. The SMILES string of the molecule is CCOc1ccc(/C=C/C(=O)Nc2cccc(OCC(N)=O)c2)cc1. The summed E-state index contributed by atoms with van der Waals surface area (Å²) in [5.74, 6) is 0.401. The highest BCUT2D eigenvalue weighted by Crippen LogP contribution is 2.17. The summed E-state index contributed by atoms with van der Waals surface area (Å²) in [5.41, 5.74) is 6.47. The second-order valence-electron chi connectivity index (χ2n) is 5.11. The summed E-state index contributed by atoms with van der Waals surface area (Å²) in [4.78, 5) is 22.7. The molecule has 2 aromatic carbocycles. The molecule has 6 heteroatoms. The van der Waals surface area contributed by atoms with Gasteiger partial charge in [0, 0.05) is 17.8 Å². The number of anilines is 1. The van der Waals surface area contributed by atoms with Crippen molar-refractivity contribution in [3.63, 3.8) is 0 Å². The fourth-order valence-corrected chi connectivity index (χ4v) is 2.02. The predicted octanol–water partition coefficient (Wildman–Crippen LogP) is 2.60. The topological polar surface area (TPSA) is 90.7 Å². The van der Waals surface area contributed by atoms with Gasteiger partial charge in [-0.1, -0.05) is 18.2 Å². The van der Waals surface area contributed by atoms with E-state index in [1.807, 2.05) is 31.2 Å². The first-order valence-corrected chi connectivity index (χ1v) is 7.80. The third kappa shape index (κ3) is 6.39. The maximum atomic E-state index is 12.0. The fraction of sp³-hybridized carbons (Fsp3) is 0.158. The summed E-state index contributed by atoms with van der Waals surface area (Å²) in [6, 6.07) is 14.2. The molecule has 3 N–H and O–H groups in total. The van der Waals surface area contributed by atoms with Gasteiger partial charge in [-0.05, 0) is 42.8 Å². The van der Waals surface area contributed by atoms with Gasteiger partial charge in [-0.3, -0.25) is 9.59 Å². The molecule has 0 spiro atoms. The van der Waals surface area contributed by atoms with Crippen LogP contribution in [0.15, 0.2) is 54.6 Å². The Balaban J connectivity index is 1.93. The highest BCUT2D eigenvalue weighted by molar-refractivity contribution is 6.02. The van der Waals surface area contributed by atoms with Gasteiger partial charge in [0.2, 0.25) is 5.91 Å². The average molecular weight is 340 g/mol. The van der Waals surface area contributed by atoms with E-state index in [9.17, 15) is 9.59 Å².